The summed E-state index contributed by atoms with van der Waals surface area (Å²) in [5, 5.41) is 3.92. The number of hydrogen-bond acceptors (Lipinski definition) is 3. The summed E-state index contributed by atoms with van der Waals surface area (Å²) >= 11 is 1.95. The fourth-order valence-electron chi connectivity index (χ4n) is 2.44. The summed E-state index contributed by atoms with van der Waals surface area (Å²) in [5.74, 6) is 0.138. The second kappa shape index (κ2) is 7.98. The molecular weight excluding hydrogens is 232 g/mol. The average Bonchev–Trinajstić information content (AvgIpc) is 2.30. The van der Waals surface area contributed by atoms with Gasteiger partial charge >= 0.3 is 0 Å². The van der Waals surface area contributed by atoms with Gasteiger partial charge in [0, 0.05) is 23.8 Å². The van der Waals surface area contributed by atoms with Gasteiger partial charge in [-0.05, 0) is 38.4 Å². The number of nitrogens with two attached hydrogens (primary N) is 1. The molecular formula is C13H26N2OS. The van der Waals surface area contributed by atoms with Gasteiger partial charge in [0.2, 0.25) is 5.91 Å². The molecule has 17 heavy (non-hydrogen) atoms. The van der Waals surface area contributed by atoms with Crippen LogP contribution in [-0.4, -0.2) is 29.5 Å². The van der Waals surface area contributed by atoms with Crippen LogP contribution in [0.1, 0.15) is 51.9 Å². The van der Waals surface area contributed by atoms with E-state index in [4.69, 9.17) is 5.73 Å². The zero-order valence-electron chi connectivity index (χ0n) is 11.1. The lowest BCUT2D eigenvalue weighted by Crippen LogP contribution is -2.40. The fourth-order valence-corrected chi connectivity index (χ4v) is 3.18. The Balaban J connectivity index is 2.19. The quantitative estimate of drug-likeness (QED) is 0.768. The van der Waals surface area contributed by atoms with Gasteiger partial charge in [0.05, 0.1) is 0 Å². The Morgan fingerprint density at radius 3 is 2.59 bits per heavy atom. The maximum Gasteiger partial charge on any atom is 0.221 e. The molecule has 4 heteroatoms. The van der Waals surface area contributed by atoms with Crippen molar-refractivity contribution in [3.05, 3.63) is 0 Å². The van der Waals surface area contributed by atoms with Gasteiger partial charge in [-0.1, -0.05) is 13.3 Å². The number of rotatable bonds is 6. The van der Waals surface area contributed by atoms with Crippen LogP contribution in [0.5, 0.6) is 0 Å². The summed E-state index contributed by atoms with van der Waals surface area (Å²) in [6, 6.07) is 0.419. The molecule has 0 aliphatic heterocycles. The van der Waals surface area contributed by atoms with Crippen LogP contribution in [0.15, 0.2) is 0 Å². The van der Waals surface area contributed by atoms with Crippen LogP contribution in [0, 0.1) is 0 Å². The summed E-state index contributed by atoms with van der Waals surface area (Å²) in [6.07, 6.45) is 9.35. The van der Waals surface area contributed by atoms with E-state index in [1.165, 1.54) is 12.8 Å². The van der Waals surface area contributed by atoms with Gasteiger partial charge in [0.25, 0.3) is 0 Å². The minimum absolute atomic E-state index is 0.0301. The Morgan fingerprint density at radius 1 is 1.41 bits per heavy atom. The standard InChI is InChI=1S/C13H26N2OS/c1-3-4-10(14)9-13(16)15-11-5-7-12(17-2)8-6-11/h10-12H,3-9,14H2,1-2H3,(H,15,16). The number of thioether (sulfide) groups is 1. The average molecular weight is 258 g/mol. The highest BCUT2D eigenvalue weighted by atomic mass is 32.2. The first-order chi connectivity index (χ1) is 8.15. The summed E-state index contributed by atoms with van der Waals surface area (Å²) in [4.78, 5) is 11.8. The molecule has 0 spiro atoms. The van der Waals surface area contributed by atoms with E-state index in [0.717, 1.165) is 30.9 Å². The van der Waals surface area contributed by atoms with E-state index in [2.05, 4.69) is 18.5 Å². The lowest BCUT2D eigenvalue weighted by atomic mass is 9.94. The molecule has 0 radical (unpaired) electrons. The minimum Gasteiger partial charge on any atom is -0.353 e. The van der Waals surface area contributed by atoms with Gasteiger partial charge in [0.1, 0.15) is 0 Å². The number of hydrogen-bond donors (Lipinski definition) is 2. The lowest BCUT2D eigenvalue weighted by molar-refractivity contribution is -0.122. The van der Waals surface area contributed by atoms with Crippen LogP contribution in [0.25, 0.3) is 0 Å². The van der Waals surface area contributed by atoms with Crippen LogP contribution in [-0.2, 0) is 4.79 Å². The third-order valence-corrected chi connectivity index (χ3v) is 4.62. The SMILES string of the molecule is CCCC(N)CC(=O)NC1CCC(SC)CC1. The molecule has 0 saturated heterocycles. The minimum atomic E-state index is 0.0301. The molecule has 3 N–H and O–H groups in total. The van der Waals surface area contributed by atoms with Crippen LogP contribution < -0.4 is 11.1 Å². The van der Waals surface area contributed by atoms with E-state index in [-0.39, 0.29) is 11.9 Å². The molecule has 1 fully saturated rings. The molecule has 0 heterocycles. The van der Waals surface area contributed by atoms with E-state index >= 15 is 0 Å². The summed E-state index contributed by atoms with van der Waals surface area (Å²) in [5.41, 5.74) is 5.87. The van der Waals surface area contributed by atoms with Crippen LogP contribution in [0.2, 0.25) is 0 Å². The third-order valence-electron chi connectivity index (χ3n) is 3.48. The Morgan fingerprint density at radius 2 is 2.06 bits per heavy atom. The Labute approximate surface area is 109 Å². The van der Waals surface area contributed by atoms with Crippen molar-refractivity contribution >= 4 is 17.7 Å². The van der Waals surface area contributed by atoms with Crippen LogP contribution in [0.4, 0.5) is 0 Å². The van der Waals surface area contributed by atoms with Crippen molar-refractivity contribution in [3.8, 4) is 0 Å². The molecule has 100 valence electrons. The van der Waals surface area contributed by atoms with Crippen molar-refractivity contribution in [2.45, 2.75) is 69.2 Å². The van der Waals surface area contributed by atoms with Crippen molar-refractivity contribution in [1.29, 1.82) is 0 Å². The Hall–Kier alpha value is -0.220. The highest BCUT2D eigenvalue weighted by Crippen LogP contribution is 2.26. The Kier molecular flexibility index (Phi) is 6.97. The maximum atomic E-state index is 11.8. The first-order valence-corrected chi connectivity index (χ1v) is 8.02. The fraction of sp³-hybridized carbons (Fsp3) is 0.923. The number of amides is 1. The molecule has 0 bridgehead atoms. The highest BCUT2D eigenvalue weighted by molar-refractivity contribution is 7.99. The number of carbonyl (C=O) groups is 1. The van der Waals surface area contributed by atoms with Crippen molar-refractivity contribution < 1.29 is 4.79 Å². The largest absolute Gasteiger partial charge is 0.353 e. The van der Waals surface area contributed by atoms with Crippen molar-refractivity contribution in [2.75, 3.05) is 6.26 Å². The Bertz CT molecular complexity index is 227. The molecule has 3 nitrogen and oxygen atoms in total. The molecule has 1 rings (SSSR count). The van der Waals surface area contributed by atoms with Gasteiger partial charge in [-0.3, -0.25) is 4.79 Å². The molecule has 0 aromatic rings. The topological polar surface area (TPSA) is 55.1 Å². The maximum absolute atomic E-state index is 11.8. The van der Waals surface area contributed by atoms with E-state index in [9.17, 15) is 4.79 Å². The molecule has 1 saturated carbocycles. The van der Waals surface area contributed by atoms with Crippen LogP contribution >= 0.6 is 11.8 Å². The first-order valence-electron chi connectivity index (χ1n) is 6.73. The zero-order valence-corrected chi connectivity index (χ0v) is 11.9. The second-order valence-corrected chi connectivity index (χ2v) is 6.17. The van der Waals surface area contributed by atoms with E-state index in [1.54, 1.807) is 0 Å². The van der Waals surface area contributed by atoms with Gasteiger partial charge in [-0.25, -0.2) is 0 Å². The molecule has 0 aromatic heterocycles. The molecule has 1 unspecified atom stereocenters. The molecule has 0 aromatic carbocycles. The number of carbonyl (C=O) groups excluding carboxylic acids is 1. The monoisotopic (exact) mass is 258 g/mol. The molecule has 1 atom stereocenters. The lowest BCUT2D eigenvalue weighted by Gasteiger charge is -2.28. The zero-order chi connectivity index (χ0) is 12.7. The smallest absolute Gasteiger partial charge is 0.221 e. The first kappa shape index (κ1) is 14.8. The summed E-state index contributed by atoms with van der Waals surface area (Å²) in [7, 11) is 0. The van der Waals surface area contributed by atoms with Gasteiger partial charge in [0.15, 0.2) is 0 Å². The van der Waals surface area contributed by atoms with Gasteiger partial charge in [-0.2, -0.15) is 11.8 Å². The predicted molar refractivity (Wildman–Crippen MR) is 75.2 cm³/mol. The van der Waals surface area contributed by atoms with E-state index < -0.39 is 0 Å². The van der Waals surface area contributed by atoms with Crippen LogP contribution in [0.3, 0.4) is 0 Å². The van der Waals surface area contributed by atoms with Crippen molar-refractivity contribution in [1.82, 2.24) is 5.32 Å². The van der Waals surface area contributed by atoms with E-state index in [1.807, 2.05) is 11.8 Å². The van der Waals surface area contributed by atoms with Crippen molar-refractivity contribution in [2.24, 2.45) is 5.73 Å². The summed E-state index contributed by atoms with van der Waals surface area (Å²) < 4.78 is 0. The molecule has 1 aliphatic carbocycles. The molecule has 1 amide bonds. The summed E-state index contributed by atoms with van der Waals surface area (Å²) in [6.45, 7) is 2.10. The number of nitrogens with one attached hydrogen (secondary N) is 1. The molecule has 1 aliphatic rings. The van der Waals surface area contributed by atoms with E-state index in [0.29, 0.717) is 12.5 Å². The van der Waals surface area contributed by atoms with Crippen molar-refractivity contribution in [3.63, 3.8) is 0 Å². The third kappa shape index (κ3) is 5.77. The normalized spacial score (nSPS) is 26.5. The van der Waals surface area contributed by atoms with Gasteiger partial charge in [-0.15, -0.1) is 0 Å². The van der Waals surface area contributed by atoms with Gasteiger partial charge < -0.3 is 11.1 Å². The highest BCUT2D eigenvalue weighted by Gasteiger charge is 2.22. The predicted octanol–water partition coefficient (Wildman–Crippen LogP) is 2.29. The second-order valence-electron chi connectivity index (χ2n) is 5.03.